The van der Waals surface area contributed by atoms with E-state index >= 15 is 0 Å². The highest BCUT2D eigenvalue weighted by atomic mass is 32.1. The normalized spacial score (nSPS) is 14.7. The van der Waals surface area contributed by atoms with E-state index in [9.17, 15) is 4.79 Å². The quantitative estimate of drug-likeness (QED) is 0.721. The number of urea groups is 1. The number of nitrogens with zero attached hydrogens (tertiary/aromatic N) is 1. The summed E-state index contributed by atoms with van der Waals surface area (Å²) in [4.78, 5) is 16.9. The van der Waals surface area contributed by atoms with E-state index < -0.39 is 0 Å². The maximum Gasteiger partial charge on any atom is 0.315 e. The van der Waals surface area contributed by atoms with E-state index in [1.165, 1.54) is 5.56 Å². The first-order chi connectivity index (χ1) is 12.3. The van der Waals surface area contributed by atoms with Gasteiger partial charge in [-0.15, -0.1) is 11.3 Å². The Morgan fingerprint density at radius 1 is 1.04 bits per heavy atom. The lowest BCUT2D eigenvalue weighted by Gasteiger charge is -2.18. The summed E-state index contributed by atoms with van der Waals surface area (Å²) in [6.45, 7) is 0.439. The monoisotopic (exact) mass is 349 g/mol. The van der Waals surface area contributed by atoms with E-state index in [4.69, 9.17) is 0 Å². The van der Waals surface area contributed by atoms with Gasteiger partial charge in [0.25, 0.3) is 0 Å². The third-order valence-corrected chi connectivity index (χ3v) is 5.30. The summed E-state index contributed by atoms with van der Waals surface area (Å²) >= 11 is 1.56. The van der Waals surface area contributed by atoms with Crippen molar-refractivity contribution in [1.29, 1.82) is 0 Å². The zero-order valence-electron chi connectivity index (χ0n) is 13.7. The maximum atomic E-state index is 12.3. The first-order valence-electron chi connectivity index (χ1n) is 8.37. The number of rotatable bonds is 5. The third-order valence-electron chi connectivity index (χ3n) is 4.45. The van der Waals surface area contributed by atoms with Crippen molar-refractivity contribution in [1.82, 2.24) is 15.6 Å². The number of nitrogens with one attached hydrogen (secondary N) is 2. The summed E-state index contributed by atoms with van der Waals surface area (Å²) in [5.74, 6) is 0. The maximum absolute atomic E-state index is 12.3. The van der Waals surface area contributed by atoms with Crippen molar-refractivity contribution in [2.24, 2.45) is 0 Å². The molecule has 3 aromatic rings. The van der Waals surface area contributed by atoms with Crippen molar-refractivity contribution < 1.29 is 4.79 Å². The Balaban J connectivity index is 1.35. The second kappa shape index (κ2) is 6.69. The van der Waals surface area contributed by atoms with Crippen molar-refractivity contribution in [2.45, 2.75) is 24.9 Å². The molecule has 1 aliphatic carbocycles. The fourth-order valence-electron chi connectivity index (χ4n) is 2.92. The molecule has 1 fully saturated rings. The van der Waals surface area contributed by atoms with Crippen molar-refractivity contribution in [3.63, 3.8) is 0 Å². The summed E-state index contributed by atoms with van der Waals surface area (Å²) in [6, 6.07) is 20.1. The fraction of sp³-hybridized carbons (Fsp3) is 0.200. The molecule has 4 rings (SSSR count). The molecule has 2 N–H and O–H groups in total. The van der Waals surface area contributed by atoms with Gasteiger partial charge in [0.2, 0.25) is 0 Å². The smallest absolute Gasteiger partial charge is 0.315 e. The molecule has 0 saturated heterocycles. The van der Waals surface area contributed by atoms with Crippen LogP contribution in [0.5, 0.6) is 0 Å². The van der Waals surface area contributed by atoms with Gasteiger partial charge in [0.05, 0.1) is 17.8 Å². The van der Waals surface area contributed by atoms with Crippen LogP contribution in [0.1, 0.15) is 23.4 Å². The third kappa shape index (κ3) is 3.56. The molecule has 25 heavy (non-hydrogen) atoms. The number of benzene rings is 2. The van der Waals surface area contributed by atoms with Crippen LogP contribution in [0.25, 0.3) is 11.3 Å². The molecule has 0 aliphatic heterocycles. The number of carbonyl (C=O) groups is 1. The van der Waals surface area contributed by atoms with E-state index in [1.54, 1.807) is 11.3 Å². The molecular weight excluding hydrogens is 330 g/mol. The summed E-state index contributed by atoms with van der Waals surface area (Å²) in [7, 11) is 0. The van der Waals surface area contributed by atoms with E-state index in [-0.39, 0.29) is 11.6 Å². The number of hydrogen-bond acceptors (Lipinski definition) is 3. The van der Waals surface area contributed by atoms with E-state index in [0.29, 0.717) is 6.54 Å². The van der Waals surface area contributed by atoms with Crippen LogP contribution in [0, 0.1) is 0 Å². The lowest BCUT2D eigenvalue weighted by Crippen LogP contribution is -2.41. The minimum Gasteiger partial charge on any atom is -0.332 e. The van der Waals surface area contributed by atoms with Crippen LogP contribution in [0.3, 0.4) is 0 Å². The Morgan fingerprint density at radius 3 is 2.40 bits per heavy atom. The van der Waals surface area contributed by atoms with Gasteiger partial charge in [0.1, 0.15) is 5.01 Å². The van der Waals surface area contributed by atoms with Gasteiger partial charge >= 0.3 is 6.03 Å². The van der Waals surface area contributed by atoms with Crippen molar-refractivity contribution in [3.8, 4) is 11.3 Å². The number of thiazole rings is 1. The van der Waals surface area contributed by atoms with Gasteiger partial charge in [-0.2, -0.15) is 0 Å². The van der Waals surface area contributed by atoms with E-state index in [2.05, 4.69) is 27.8 Å². The SMILES string of the molecule is O=C(NCc1nc(-c2ccccc2)cs1)NC1(c2ccccc2)CC1. The summed E-state index contributed by atoms with van der Waals surface area (Å²) in [5, 5.41) is 8.97. The molecule has 2 aromatic carbocycles. The van der Waals surface area contributed by atoms with Gasteiger partial charge in [-0.3, -0.25) is 0 Å². The van der Waals surface area contributed by atoms with Gasteiger partial charge in [-0.25, -0.2) is 9.78 Å². The molecule has 2 amide bonds. The van der Waals surface area contributed by atoms with Crippen LogP contribution in [0.15, 0.2) is 66.0 Å². The second-order valence-corrected chi connectivity index (χ2v) is 7.19. The van der Waals surface area contributed by atoms with Gasteiger partial charge in [-0.1, -0.05) is 60.7 Å². The molecule has 1 aromatic heterocycles. The lowest BCUT2D eigenvalue weighted by atomic mass is 10.1. The number of amides is 2. The van der Waals surface area contributed by atoms with Gasteiger partial charge in [-0.05, 0) is 18.4 Å². The van der Waals surface area contributed by atoms with Crippen LogP contribution in [-0.4, -0.2) is 11.0 Å². The molecule has 1 heterocycles. The number of hydrogen-bond donors (Lipinski definition) is 2. The first kappa shape index (κ1) is 15.8. The zero-order chi connectivity index (χ0) is 17.1. The van der Waals surface area contributed by atoms with Crippen LogP contribution in [-0.2, 0) is 12.1 Å². The van der Waals surface area contributed by atoms with Crippen LogP contribution >= 0.6 is 11.3 Å². The Labute approximate surface area is 150 Å². The van der Waals surface area contributed by atoms with Gasteiger partial charge in [0, 0.05) is 10.9 Å². The summed E-state index contributed by atoms with van der Waals surface area (Å²) < 4.78 is 0. The predicted molar refractivity (Wildman–Crippen MR) is 100 cm³/mol. The Kier molecular flexibility index (Phi) is 4.24. The van der Waals surface area contributed by atoms with Crippen molar-refractivity contribution in [2.75, 3.05) is 0 Å². The van der Waals surface area contributed by atoms with E-state index in [0.717, 1.165) is 29.1 Å². The summed E-state index contributed by atoms with van der Waals surface area (Å²) in [5.41, 5.74) is 3.02. The lowest BCUT2D eigenvalue weighted by molar-refractivity contribution is 0.235. The van der Waals surface area contributed by atoms with Crippen molar-refractivity contribution >= 4 is 17.4 Å². The molecule has 1 aliphatic rings. The molecule has 0 atom stereocenters. The highest BCUT2D eigenvalue weighted by Crippen LogP contribution is 2.45. The average molecular weight is 349 g/mol. The highest BCUT2D eigenvalue weighted by Gasteiger charge is 2.45. The molecule has 0 unspecified atom stereocenters. The fourth-order valence-corrected chi connectivity index (χ4v) is 3.66. The Morgan fingerprint density at radius 2 is 1.72 bits per heavy atom. The van der Waals surface area contributed by atoms with Crippen LogP contribution in [0.4, 0.5) is 4.79 Å². The van der Waals surface area contributed by atoms with Gasteiger partial charge < -0.3 is 10.6 Å². The molecule has 4 nitrogen and oxygen atoms in total. The average Bonchev–Trinajstić information content (AvgIpc) is 3.28. The first-order valence-corrected chi connectivity index (χ1v) is 9.25. The molecule has 1 saturated carbocycles. The minimum atomic E-state index is -0.191. The molecule has 0 radical (unpaired) electrons. The minimum absolute atomic E-state index is 0.141. The zero-order valence-corrected chi connectivity index (χ0v) is 14.6. The van der Waals surface area contributed by atoms with E-state index in [1.807, 2.05) is 53.9 Å². The second-order valence-electron chi connectivity index (χ2n) is 6.25. The highest BCUT2D eigenvalue weighted by molar-refractivity contribution is 7.09. The van der Waals surface area contributed by atoms with Gasteiger partial charge in [0.15, 0.2) is 0 Å². The molecule has 126 valence electrons. The standard InChI is InChI=1S/C20H19N3OS/c24-19(23-20(11-12-20)16-9-5-2-6-10-16)21-13-18-22-17(14-25-18)15-7-3-1-4-8-15/h1-10,14H,11-13H2,(H2,21,23,24). The predicted octanol–water partition coefficient (Wildman–Crippen LogP) is 4.30. The van der Waals surface area contributed by atoms with Crippen LogP contribution in [0.2, 0.25) is 0 Å². The summed E-state index contributed by atoms with van der Waals surface area (Å²) in [6.07, 6.45) is 1.97. The largest absolute Gasteiger partial charge is 0.332 e. The van der Waals surface area contributed by atoms with Crippen LogP contribution < -0.4 is 10.6 Å². The molecule has 0 spiro atoms. The Hall–Kier alpha value is -2.66. The molecule has 5 heteroatoms. The Bertz CT molecular complexity index is 857. The number of aromatic nitrogens is 1. The molecular formula is C20H19N3OS. The molecule has 0 bridgehead atoms. The van der Waals surface area contributed by atoms with Crippen molar-refractivity contribution in [3.05, 3.63) is 76.6 Å². The topological polar surface area (TPSA) is 54.0 Å². The number of carbonyl (C=O) groups excluding carboxylic acids is 1.